The summed E-state index contributed by atoms with van der Waals surface area (Å²) in [6, 6.07) is 0. The number of H-pyrrole nitrogens is 2. The molecule has 0 unspecified atom stereocenters. The number of imidazole rings is 2. The van der Waals surface area contributed by atoms with E-state index in [1.165, 1.54) is 19.0 Å². The number of aliphatic hydroxyl groups is 2. The number of nitrogens with zero attached hydrogens (tertiary/aromatic N) is 6. The third-order valence-electron chi connectivity index (χ3n) is 4.16. The van der Waals surface area contributed by atoms with Gasteiger partial charge in [-0.3, -0.25) is 9.36 Å². The van der Waals surface area contributed by atoms with Crippen molar-refractivity contribution in [3.63, 3.8) is 0 Å². The Morgan fingerprint density at radius 2 is 2.07 bits per heavy atom. The lowest BCUT2D eigenvalue weighted by atomic mass is 10.2. The van der Waals surface area contributed by atoms with Gasteiger partial charge in [0.15, 0.2) is 16.8 Å². The Bertz CT molecular complexity index is 1080. The van der Waals surface area contributed by atoms with E-state index in [0.29, 0.717) is 17.7 Å². The Hall–Kier alpha value is -3.22. The van der Waals surface area contributed by atoms with Gasteiger partial charge < -0.3 is 24.9 Å². The minimum Gasteiger partial charge on any atom is -0.394 e. The largest absolute Gasteiger partial charge is 0.394 e. The molecule has 0 amide bonds. The van der Waals surface area contributed by atoms with Gasteiger partial charge in [-0.25, -0.2) is 24.9 Å². The Morgan fingerprint density at radius 3 is 2.85 bits per heavy atom. The number of fused-ring (bicyclic) bond motifs is 2. The fourth-order valence-corrected chi connectivity index (χ4v) is 2.81. The average molecular weight is 372 g/mol. The van der Waals surface area contributed by atoms with Gasteiger partial charge in [-0.05, 0) is 0 Å². The molecule has 27 heavy (non-hydrogen) atoms. The van der Waals surface area contributed by atoms with Crippen LogP contribution in [0.15, 0.2) is 36.3 Å². The van der Waals surface area contributed by atoms with Gasteiger partial charge >= 0.3 is 0 Å². The van der Waals surface area contributed by atoms with Crippen LogP contribution in [-0.2, 0) is 4.74 Å². The van der Waals surface area contributed by atoms with Gasteiger partial charge in [-0.2, -0.15) is 0 Å². The van der Waals surface area contributed by atoms with Crippen molar-refractivity contribution in [3.05, 3.63) is 41.9 Å². The van der Waals surface area contributed by atoms with Crippen LogP contribution < -0.4 is 5.56 Å². The molecule has 1 aliphatic rings. The smallest absolute Gasteiger partial charge is 0.278 e. The fourth-order valence-electron chi connectivity index (χ4n) is 2.81. The number of rotatable bonds is 2. The highest BCUT2D eigenvalue weighted by Crippen LogP contribution is 2.29. The minimum atomic E-state index is -0.737. The van der Waals surface area contributed by atoms with E-state index in [0.717, 1.165) is 5.52 Å². The van der Waals surface area contributed by atoms with E-state index in [1.54, 1.807) is 17.1 Å². The molecule has 4 aromatic heterocycles. The molecule has 1 aliphatic heterocycles. The minimum absolute atomic E-state index is 0.225. The van der Waals surface area contributed by atoms with E-state index in [1.807, 2.05) is 0 Å². The van der Waals surface area contributed by atoms with Crippen molar-refractivity contribution in [1.82, 2.24) is 39.5 Å². The highest BCUT2D eigenvalue weighted by molar-refractivity contribution is 5.69. The number of nitrogens with one attached hydrogen (secondary N) is 2. The number of aliphatic hydroxyl groups excluding tert-OH is 2. The second-order valence-corrected chi connectivity index (χ2v) is 5.83. The SMILES string of the molecule is O=c1[nH]cnc2c1ncn2[C@H]1C[C@H](O)[C@@H](CO)O1.c1ncc2[nH]cnc2n1. The topological polar surface area (TPSA) is 168 Å². The first-order valence-electron chi connectivity index (χ1n) is 8.11. The molecule has 5 rings (SSSR count). The number of hydrogen-bond acceptors (Lipinski definition) is 9. The van der Waals surface area contributed by atoms with Gasteiger partial charge in [0.2, 0.25) is 0 Å². The van der Waals surface area contributed by atoms with E-state index >= 15 is 0 Å². The van der Waals surface area contributed by atoms with Crippen molar-refractivity contribution in [3.8, 4) is 0 Å². The van der Waals surface area contributed by atoms with Gasteiger partial charge in [0.1, 0.15) is 24.2 Å². The number of aromatic nitrogens is 8. The van der Waals surface area contributed by atoms with E-state index in [9.17, 15) is 9.90 Å². The molecule has 5 heterocycles. The van der Waals surface area contributed by atoms with Gasteiger partial charge in [0.05, 0.1) is 37.9 Å². The number of aromatic amines is 2. The summed E-state index contributed by atoms with van der Waals surface area (Å²) in [5, 5.41) is 18.7. The molecule has 3 atom stereocenters. The summed E-state index contributed by atoms with van der Waals surface area (Å²) in [7, 11) is 0. The maximum absolute atomic E-state index is 11.5. The van der Waals surface area contributed by atoms with E-state index in [-0.39, 0.29) is 17.7 Å². The van der Waals surface area contributed by atoms with E-state index in [4.69, 9.17) is 9.84 Å². The summed E-state index contributed by atoms with van der Waals surface area (Å²) in [5.74, 6) is 0. The van der Waals surface area contributed by atoms with Crippen molar-refractivity contribution in [2.45, 2.75) is 24.9 Å². The lowest BCUT2D eigenvalue weighted by Crippen LogP contribution is -2.24. The number of ether oxygens (including phenoxy) is 1. The summed E-state index contributed by atoms with van der Waals surface area (Å²) in [6.45, 7) is -0.252. The first-order chi connectivity index (χ1) is 13.2. The summed E-state index contributed by atoms with van der Waals surface area (Å²) in [4.78, 5) is 36.4. The molecule has 0 aliphatic carbocycles. The fraction of sp³-hybridized carbons (Fsp3) is 0.333. The summed E-state index contributed by atoms with van der Waals surface area (Å²) in [5.41, 5.74) is 1.89. The zero-order valence-corrected chi connectivity index (χ0v) is 13.9. The second kappa shape index (κ2) is 7.19. The Balaban J connectivity index is 0.000000167. The lowest BCUT2D eigenvalue weighted by molar-refractivity contribution is -0.0432. The third kappa shape index (κ3) is 3.28. The molecule has 12 heteroatoms. The highest BCUT2D eigenvalue weighted by Gasteiger charge is 2.35. The maximum Gasteiger partial charge on any atom is 0.278 e. The van der Waals surface area contributed by atoms with Gasteiger partial charge in [0, 0.05) is 6.42 Å². The zero-order chi connectivity index (χ0) is 18.8. The molecule has 1 fully saturated rings. The van der Waals surface area contributed by atoms with Crippen molar-refractivity contribution in [2.75, 3.05) is 6.61 Å². The van der Waals surface area contributed by atoms with Crippen molar-refractivity contribution >= 4 is 22.3 Å². The molecule has 0 radical (unpaired) electrons. The van der Waals surface area contributed by atoms with Crippen LogP contribution in [0.1, 0.15) is 12.6 Å². The van der Waals surface area contributed by atoms with Crippen LogP contribution in [0.3, 0.4) is 0 Å². The first kappa shape index (κ1) is 17.2. The van der Waals surface area contributed by atoms with Crippen LogP contribution in [0.25, 0.3) is 22.3 Å². The molecule has 0 bridgehead atoms. The molecular weight excluding hydrogens is 356 g/mol. The van der Waals surface area contributed by atoms with Crippen LogP contribution in [0, 0.1) is 0 Å². The zero-order valence-electron chi connectivity index (χ0n) is 13.9. The monoisotopic (exact) mass is 372 g/mol. The average Bonchev–Trinajstić information content (AvgIpc) is 3.40. The predicted molar refractivity (Wildman–Crippen MR) is 91.5 cm³/mol. The quantitative estimate of drug-likeness (QED) is 0.349. The molecule has 4 aromatic rings. The van der Waals surface area contributed by atoms with Crippen molar-refractivity contribution in [2.24, 2.45) is 0 Å². The third-order valence-corrected chi connectivity index (χ3v) is 4.16. The van der Waals surface area contributed by atoms with Crippen LogP contribution in [-0.4, -0.2) is 68.5 Å². The molecule has 12 nitrogen and oxygen atoms in total. The highest BCUT2D eigenvalue weighted by atomic mass is 16.5. The van der Waals surface area contributed by atoms with Crippen molar-refractivity contribution in [1.29, 1.82) is 0 Å². The van der Waals surface area contributed by atoms with E-state index in [2.05, 4.69) is 34.9 Å². The maximum atomic E-state index is 11.5. The summed E-state index contributed by atoms with van der Waals surface area (Å²) >= 11 is 0. The molecule has 4 N–H and O–H groups in total. The summed E-state index contributed by atoms with van der Waals surface area (Å²) in [6.07, 6.45) is 6.00. The van der Waals surface area contributed by atoms with Crippen LogP contribution >= 0.6 is 0 Å². The molecule has 0 aromatic carbocycles. The summed E-state index contributed by atoms with van der Waals surface area (Å²) < 4.78 is 7.07. The second-order valence-electron chi connectivity index (χ2n) is 5.83. The molecule has 140 valence electrons. The van der Waals surface area contributed by atoms with Crippen molar-refractivity contribution < 1.29 is 14.9 Å². The predicted octanol–water partition coefficient (Wildman–Crippen LogP) is -0.887. The molecule has 1 saturated heterocycles. The van der Waals surface area contributed by atoms with Gasteiger partial charge in [-0.1, -0.05) is 0 Å². The van der Waals surface area contributed by atoms with E-state index < -0.39 is 18.4 Å². The number of hydrogen-bond donors (Lipinski definition) is 4. The van der Waals surface area contributed by atoms with Crippen LogP contribution in [0.5, 0.6) is 0 Å². The van der Waals surface area contributed by atoms with Crippen LogP contribution in [0.2, 0.25) is 0 Å². The van der Waals surface area contributed by atoms with Gasteiger partial charge in [0.25, 0.3) is 5.56 Å². The van der Waals surface area contributed by atoms with Crippen LogP contribution in [0.4, 0.5) is 0 Å². The molecular formula is C15H16N8O4. The lowest BCUT2D eigenvalue weighted by Gasteiger charge is -2.13. The molecule has 0 saturated carbocycles. The Morgan fingerprint density at radius 1 is 1.22 bits per heavy atom. The standard InChI is InChI=1S/C10H12N4O4.C5H4N4/c15-2-6-5(16)1-7(18-6)14-4-13-8-9(14)11-3-12-10(8)17;1-4-5(8-2-6-1)9-3-7-4/h3-7,15-16H,1-2H2,(H,11,12,17);1-3H,(H,6,7,8,9)/t5-,6+,7+;/m0./s1. The van der Waals surface area contributed by atoms with Gasteiger partial charge in [-0.15, -0.1) is 0 Å². The first-order valence-corrected chi connectivity index (χ1v) is 8.11. The Labute approximate surface area is 150 Å². The molecule has 0 spiro atoms. The normalized spacial score (nSPS) is 22.1. The Kier molecular flexibility index (Phi) is 4.58.